The van der Waals surface area contributed by atoms with E-state index in [1.807, 2.05) is 20.8 Å². The highest BCUT2D eigenvalue weighted by molar-refractivity contribution is 5.08. The van der Waals surface area contributed by atoms with E-state index >= 15 is 0 Å². The minimum absolute atomic E-state index is 0.286. The lowest BCUT2D eigenvalue weighted by atomic mass is 9.99. The maximum absolute atomic E-state index is 9.49. The fourth-order valence-corrected chi connectivity index (χ4v) is 1.02. The lowest BCUT2D eigenvalue weighted by Gasteiger charge is -2.29. The van der Waals surface area contributed by atoms with Crippen LogP contribution in [0.1, 0.15) is 32.2 Å². The van der Waals surface area contributed by atoms with Crippen molar-refractivity contribution in [1.29, 1.82) is 0 Å². The number of imidazole rings is 1. The second kappa shape index (κ2) is 4.11. The molecule has 0 amide bonds. The van der Waals surface area contributed by atoms with Crippen molar-refractivity contribution in [3.05, 3.63) is 17.7 Å². The van der Waals surface area contributed by atoms with E-state index in [9.17, 15) is 5.11 Å². The molecule has 1 unspecified atom stereocenters. The minimum Gasteiger partial charge on any atom is -0.392 e. The summed E-state index contributed by atoms with van der Waals surface area (Å²) in [4.78, 5) is 7.20. The third-order valence-corrected chi connectivity index (χ3v) is 2.69. The standard InChI is InChI=1S/C10H19N3O/c1-7-9(12-6-11-7)5-13-10(3,4)8(2)14/h6,8,13-14H,5H2,1-4H3,(H,11,12). The van der Waals surface area contributed by atoms with Gasteiger partial charge in [-0.15, -0.1) is 0 Å². The van der Waals surface area contributed by atoms with Crippen LogP contribution in [0.5, 0.6) is 0 Å². The van der Waals surface area contributed by atoms with Crippen molar-refractivity contribution >= 4 is 0 Å². The van der Waals surface area contributed by atoms with Crippen LogP contribution in [0.4, 0.5) is 0 Å². The second-order valence-corrected chi connectivity index (χ2v) is 4.23. The molecule has 1 aromatic rings. The highest BCUT2D eigenvalue weighted by atomic mass is 16.3. The van der Waals surface area contributed by atoms with Crippen LogP contribution in [0.15, 0.2) is 6.33 Å². The average Bonchev–Trinajstić information content (AvgIpc) is 2.47. The third kappa shape index (κ3) is 2.56. The fraction of sp³-hybridized carbons (Fsp3) is 0.700. The normalized spacial score (nSPS) is 14.4. The SMILES string of the molecule is Cc1[nH]cnc1CNC(C)(C)C(C)O. The number of aromatic amines is 1. The molecular formula is C10H19N3O. The molecule has 0 radical (unpaired) electrons. The van der Waals surface area contributed by atoms with E-state index in [-0.39, 0.29) is 11.6 Å². The molecule has 0 saturated carbocycles. The molecule has 4 nitrogen and oxygen atoms in total. The molecule has 1 rings (SSSR count). The van der Waals surface area contributed by atoms with Gasteiger partial charge in [0, 0.05) is 17.8 Å². The Hall–Kier alpha value is -0.870. The number of rotatable bonds is 4. The number of aliphatic hydroxyl groups excluding tert-OH is 1. The summed E-state index contributed by atoms with van der Waals surface area (Å²) < 4.78 is 0. The summed E-state index contributed by atoms with van der Waals surface area (Å²) in [6, 6.07) is 0. The first-order valence-corrected chi connectivity index (χ1v) is 4.85. The number of aliphatic hydroxyl groups is 1. The van der Waals surface area contributed by atoms with Crippen molar-refractivity contribution in [2.75, 3.05) is 0 Å². The molecule has 14 heavy (non-hydrogen) atoms. The predicted molar refractivity (Wildman–Crippen MR) is 55.9 cm³/mol. The van der Waals surface area contributed by atoms with Crippen molar-refractivity contribution in [1.82, 2.24) is 15.3 Å². The number of hydrogen-bond donors (Lipinski definition) is 3. The Morgan fingerprint density at radius 2 is 2.29 bits per heavy atom. The summed E-state index contributed by atoms with van der Waals surface area (Å²) in [6.07, 6.45) is 1.29. The van der Waals surface area contributed by atoms with Gasteiger partial charge in [-0.2, -0.15) is 0 Å². The molecule has 0 aliphatic rings. The lowest BCUT2D eigenvalue weighted by Crippen LogP contribution is -2.47. The maximum Gasteiger partial charge on any atom is 0.0925 e. The summed E-state index contributed by atoms with van der Waals surface area (Å²) in [7, 11) is 0. The molecule has 0 bridgehead atoms. The molecule has 0 aromatic carbocycles. The molecule has 1 heterocycles. The van der Waals surface area contributed by atoms with Crippen LogP contribution in [-0.2, 0) is 6.54 Å². The molecular weight excluding hydrogens is 178 g/mol. The Labute approximate surface area is 84.8 Å². The number of aryl methyl sites for hydroxylation is 1. The Morgan fingerprint density at radius 3 is 2.71 bits per heavy atom. The van der Waals surface area contributed by atoms with E-state index in [0.29, 0.717) is 6.54 Å². The van der Waals surface area contributed by atoms with Gasteiger partial charge in [0.15, 0.2) is 0 Å². The van der Waals surface area contributed by atoms with E-state index in [4.69, 9.17) is 0 Å². The maximum atomic E-state index is 9.49. The van der Waals surface area contributed by atoms with Crippen LogP contribution in [0.3, 0.4) is 0 Å². The molecule has 1 atom stereocenters. The number of aromatic nitrogens is 2. The zero-order valence-electron chi connectivity index (χ0n) is 9.26. The molecule has 3 N–H and O–H groups in total. The Balaban J connectivity index is 2.53. The number of nitrogens with zero attached hydrogens (tertiary/aromatic N) is 1. The quantitative estimate of drug-likeness (QED) is 0.674. The van der Waals surface area contributed by atoms with Crippen LogP contribution >= 0.6 is 0 Å². The van der Waals surface area contributed by atoms with E-state index in [1.165, 1.54) is 0 Å². The molecule has 0 spiro atoms. The van der Waals surface area contributed by atoms with Gasteiger partial charge in [-0.25, -0.2) is 4.98 Å². The van der Waals surface area contributed by atoms with Gasteiger partial charge in [-0.1, -0.05) is 0 Å². The fourth-order valence-electron chi connectivity index (χ4n) is 1.02. The summed E-state index contributed by atoms with van der Waals surface area (Å²) >= 11 is 0. The highest BCUT2D eigenvalue weighted by Gasteiger charge is 2.23. The molecule has 0 aliphatic heterocycles. The topological polar surface area (TPSA) is 60.9 Å². The van der Waals surface area contributed by atoms with Gasteiger partial charge in [-0.05, 0) is 27.7 Å². The van der Waals surface area contributed by atoms with Crippen LogP contribution < -0.4 is 5.32 Å². The largest absolute Gasteiger partial charge is 0.392 e. The Kier molecular flexibility index (Phi) is 3.29. The van der Waals surface area contributed by atoms with Crippen molar-refractivity contribution in [2.45, 2.75) is 45.9 Å². The van der Waals surface area contributed by atoms with Crippen molar-refractivity contribution in [3.8, 4) is 0 Å². The molecule has 80 valence electrons. The smallest absolute Gasteiger partial charge is 0.0925 e. The minimum atomic E-state index is -0.387. The summed E-state index contributed by atoms with van der Waals surface area (Å²) in [5.41, 5.74) is 1.78. The van der Waals surface area contributed by atoms with E-state index in [1.54, 1.807) is 13.3 Å². The molecule has 0 aliphatic carbocycles. The second-order valence-electron chi connectivity index (χ2n) is 4.23. The van der Waals surface area contributed by atoms with E-state index in [2.05, 4.69) is 15.3 Å². The zero-order chi connectivity index (χ0) is 10.8. The molecule has 1 aromatic heterocycles. The van der Waals surface area contributed by atoms with Crippen LogP contribution in [0.25, 0.3) is 0 Å². The summed E-state index contributed by atoms with van der Waals surface area (Å²) in [5.74, 6) is 0. The monoisotopic (exact) mass is 197 g/mol. The summed E-state index contributed by atoms with van der Waals surface area (Å²) in [6.45, 7) is 8.39. The van der Waals surface area contributed by atoms with Gasteiger partial charge in [0.05, 0.1) is 18.1 Å². The van der Waals surface area contributed by atoms with Gasteiger partial charge in [0.1, 0.15) is 0 Å². The van der Waals surface area contributed by atoms with Gasteiger partial charge in [-0.3, -0.25) is 0 Å². The van der Waals surface area contributed by atoms with Crippen molar-refractivity contribution in [3.63, 3.8) is 0 Å². The van der Waals surface area contributed by atoms with Gasteiger partial charge < -0.3 is 15.4 Å². The first kappa shape index (κ1) is 11.2. The average molecular weight is 197 g/mol. The van der Waals surface area contributed by atoms with Gasteiger partial charge in [0.2, 0.25) is 0 Å². The molecule has 0 fully saturated rings. The Morgan fingerprint density at radius 1 is 1.64 bits per heavy atom. The number of H-pyrrole nitrogens is 1. The van der Waals surface area contributed by atoms with E-state index < -0.39 is 0 Å². The summed E-state index contributed by atoms with van der Waals surface area (Å²) in [5, 5.41) is 12.8. The Bertz CT molecular complexity index is 291. The van der Waals surface area contributed by atoms with Crippen molar-refractivity contribution < 1.29 is 5.11 Å². The van der Waals surface area contributed by atoms with E-state index in [0.717, 1.165) is 11.4 Å². The van der Waals surface area contributed by atoms with Crippen LogP contribution in [0.2, 0.25) is 0 Å². The molecule has 4 heteroatoms. The first-order chi connectivity index (χ1) is 6.43. The van der Waals surface area contributed by atoms with Gasteiger partial charge >= 0.3 is 0 Å². The van der Waals surface area contributed by atoms with Crippen LogP contribution in [0, 0.1) is 6.92 Å². The molecule has 0 saturated heterocycles. The number of nitrogens with one attached hydrogen (secondary N) is 2. The first-order valence-electron chi connectivity index (χ1n) is 4.85. The number of hydrogen-bond acceptors (Lipinski definition) is 3. The third-order valence-electron chi connectivity index (χ3n) is 2.69. The zero-order valence-corrected chi connectivity index (χ0v) is 9.26. The highest BCUT2D eigenvalue weighted by Crippen LogP contribution is 2.10. The predicted octanol–water partition coefficient (Wildman–Crippen LogP) is 0.967. The van der Waals surface area contributed by atoms with Gasteiger partial charge in [0.25, 0.3) is 0 Å². The van der Waals surface area contributed by atoms with Crippen molar-refractivity contribution in [2.24, 2.45) is 0 Å². The lowest BCUT2D eigenvalue weighted by molar-refractivity contribution is 0.0954. The van der Waals surface area contributed by atoms with Crippen LogP contribution in [-0.4, -0.2) is 26.7 Å².